The molecule has 4 heteroatoms. The molecule has 1 heterocycles. The summed E-state index contributed by atoms with van der Waals surface area (Å²) in [5.41, 5.74) is 2.58. The molecule has 22 heavy (non-hydrogen) atoms. The van der Waals surface area contributed by atoms with E-state index in [9.17, 15) is 0 Å². The standard InChI is InChI=1S/C18H21NO2S/c1-20-14-9-13(10-15(11-14)21-2)12-19-17-7-8-22-18-6-4-3-5-16(17)18/h3-6,9-11,17,19H,7-8,12H2,1-2H3/t17-/m1/s1. The highest BCUT2D eigenvalue weighted by Crippen LogP contribution is 2.36. The molecule has 3 nitrogen and oxygen atoms in total. The van der Waals surface area contributed by atoms with E-state index in [2.05, 4.69) is 41.7 Å². The number of benzene rings is 2. The van der Waals surface area contributed by atoms with Gasteiger partial charge < -0.3 is 14.8 Å². The van der Waals surface area contributed by atoms with Crippen LogP contribution in [0.15, 0.2) is 47.4 Å². The van der Waals surface area contributed by atoms with Crippen LogP contribution in [0.25, 0.3) is 0 Å². The first-order chi connectivity index (χ1) is 10.8. The Hall–Kier alpha value is -1.65. The van der Waals surface area contributed by atoms with Gasteiger partial charge in [0.1, 0.15) is 11.5 Å². The Bertz CT molecular complexity index is 622. The molecular formula is C18H21NO2S. The molecule has 1 aliphatic rings. The molecule has 2 aromatic rings. The summed E-state index contributed by atoms with van der Waals surface area (Å²) in [4.78, 5) is 1.40. The van der Waals surface area contributed by atoms with Crippen molar-refractivity contribution >= 4 is 11.8 Å². The number of thioether (sulfide) groups is 1. The summed E-state index contributed by atoms with van der Waals surface area (Å²) in [6.07, 6.45) is 1.16. The Labute approximate surface area is 136 Å². The molecule has 0 unspecified atom stereocenters. The predicted octanol–water partition coefficient (Wildman–Crippen LogP) is 4.03. The molecule has 0 radical (unpaired) electrons. The van der Waals surface area contributed by atoms with Crippen molar-refractivity contribution in [2.24, 2.45) is 0 Å². The van der Waals surface area contributed by atoms with Crippen LogP contribution in [-0.4, -0.2) is 20.0 Å². The van der Waals surface area contributed by atoms with Crippen LogP contribution in [0.2, 0.25) is 0 Å². The molecule has 0 fully saturated rings. The van der Waals surface area contributed by atoms with Gasteiger partial charge in [-0.2, -0.15) is 0 Å². The average molecular weight is 315 g/mol. The SMILES string of the molecule is COc1cc(CN[C@@H]2CCSc3ccccc32)cc(OC)c1. The van der Waals surface area contributed by atoms with E-state index in [1.807, 2.05) is 17.8 Å². The molecule has 0 saturated carbocycles. The Morgan fingerprint density at radius 3 is 2.55 bits per heavy atom. The summed E-state index contributed by atoms with van der Waals surface area (Å²) in [7, 11) is 3.36. The van der Waals surface area contributed by atoms with Crippen LogP contribution in [-0.2, 0) is 6.54 Å². The Morgan fingerprint density at radius 2 is 1.82 bits per heavy atom. The topological polar surface area (TPSA) is 30.5 Å². The summed E-state index contributed by atoms with van der Waals surface area (Å²) >= 11 is 1.95. The number of methoxy groups -OCH3 is 2. The van der Waals surface area contributed by atoms with Crippen molar-refractivity contribution in [1.82, 2.24) is 5.32 Å². The maximum atomic E-state index is 5.33. The van der Waals surface area contributed by atoms with Crippen LogP contribution >= 0.6 is 11.8 Å². The van der Waals surface area contributed by atoms with E-state index in [0.29, 0.717) is 6.04 Å². The van der Waals surface area contributed by atoms with Crippen molar-refractivity contribution in [3.05, 3.63) is 53.6 Å². The minimum Gasteiger partial charge on any atom is -0.497 e. The number of hydrogen-bond donors (Lipinski definition) is 1. The third-order valence-electron chi connectivity index (χ3n) is 3.92. The van der Waals surface area contributed by atoms with Crippen molar-refractivity contribution in [2.45, 2.75) is 23.9 Å². The fourth-order valence-electron chi connectivity index (χ4n) is 2.76. The van der Waals surface area contributed by atoms with Crippen molar-refractivity contribution in [3.63, 3.8) is 0 Å². The molecule has 2 aromatic carbocycles. The van der Waals surface area contributed by atoms with Crippen LogP contribution < -0.4 is 14.8 Å². The average Bonchev–Trinajstić information content (AvgIpc) is 2.59. The molecule has 0 aliphatic carbocycles. The second-order valence-corrected chi connectivity index (χ2v) is 6.47. The first-order valence-electron chi connectivity index (χ1n) is 7.47. The fraction of sp³-hybridized carbons (Fsp3) is 0.333. The normalized spacial score (nSPS) is 16.9. The number of nitrogens with one attached hydrogen (secondary N) is 1. The van der Waals surface area contributed by atoms with E-state index in [0.717, 1.165) is 30.2 Å². The summed E-state index contributed by atoms with van der Waals surface area (Å²) in [6, 6.07) is 15.1. The van der Waals surface area contributed by atoms with Gasteiger partial charge in [-0.25, -0.2) is 0 Å². The Balaban J connectivity index is 1.73. The van der Waals surface area contributed by atoms with Gasteiger partial charge in [0.25, 0.3) is 0 Å². The van der Waals surface area contributed by atoms with Crippen LogP contribution in [0, 0.1) is 0 Å². The van der Waals surface area contributed by atoms with Gasteiger partial charge in [-0.15, -0.1) is 11.8 Å². The largest absolute Gasteiger partial charge is 0.497 e. The third-order valence-corrected chi connectivity index (χ3v) is 5.04. The van der Waals surface area contributed by atoms with Crippen molar-refractivity contribution in [3.8, 4) is 11.5 Å². The summed E-state index contributed by atoms with van der Waals surface area (Å²) in [5.74, 6) is 2.82. The molecule has 1 aliphatic heterocycles. The third kappa shape index (κ3) is 3.39. The summed E-state index contributed by atoms with van der Waals surface area (Å²) in [6.45, 7) is 0.803. The lowest BCUT2D eigenvalue weighted by Crippen LogP contribution is -2.24. The van der Waals surface area contributed by atoms with Crippen molar-refractivity contribution in [2.75, 3.05) is 20.0 Å². The number of ether oxygens (including phenoxy) is 2. The zero-order valence-corrected chi connectivity index (χ0v) is 13.8. The molecular weight excluding hydrogens is 294 g/mol. The molecule has 0 bridgehead atoms. The lowest BCUT2D eigenvalue weighted by molar-refractivity contribution is 0.392. The van der Waals surface area contributed by atoms with E-state index in [4.69, 9.17) is 9.47 Å². The van der Waals surface area contributed by atoms with Crippen LogP contribution in [0.3, 0.4) is 0 Å². The van der Waals surface area contributed by atoms with Crippen LogP contribution in [0.1, 0.15) is 23.6 Å². The highest BCUT2D eigenvalue weighted by atomic mass is 32.2. The summed E-state index contributed by atoms with van der Waals surface area (Å²) in [5, 5.41) is 3.67. The molecule has 3 rings (SSSR count). The molecule has 0 aromatic heterocycles. The van der Waals surface area contributed by atoms with Gasteiger partial charge in [-0.1, -0.05) is 18.2 Å². The van der Waals surface area contributed by atoms with Crippen molar-refractivity contribution in [1.29, 1.82) is 0 Å². The van der Waals surface area contributed by atoms with E-state index < -0.39 is 0 Å². The highest BCUT2D eigenvalue weighted by molar-refractivity contribution is 7.99. The molecule has 0 amide bonds. The van der Waals surface area contributed by atoms with E-state index in [1.165, 1.54) is 16.0 Å². The second-order valence-electron chi connectivity index (χ2n) is 5.33. The van der Waals surface area contributed by atoms with Gasteiger partial charge in [-0.05, 0) is 41.5 Å². The quantitative estimate of drug-likeness (QED) is 0.902. The molecule has 116 valence electrons. The highest BCUT2D eigenvalue weighted by Gasteiger charge is 2.19. The first-order valence-corrected chi connectivity index (χ1v) is 8.46. The van der Waals surface area contributed by atoms with Crippen LogP contribution in [0.4, 0.5) is 0 Å². The van der Waals surface area contributed by atoms with Gasteiger partial charge in [-0.3, -0.25) is 0 Å². The van der Waals surface area contributed by atoms with Crippen LogP contribution in [0.5, 0.6) is 11.5 Å². The fourth-order valence-corrected chi connectivity index (χ4v) is 3.89. The smallest absolute Gasteiger partial charge is 0.122 e. The minimum atomic E-state index is 0.412. The van der Waals surface area contributed by atoms with E-state index in [-0.39, 0.29) is 0 Å². The minimum absolute atomic E-state index is 0.412. The second kappa shape index (κ2) is 7.07. The first kappa shape index (κ1) is 15.3. The zero-order chi connectivity index (χ0) is 15.4. The predicted molar refractivity (Wildman–Crippen MR) is 90.9 cm³/mol. The molecule has 1 atom stereocenters. The monoisotopic (exact) mass is 315 g/mol. The molecule has 1 N–H and O–H groups in total. The number of hydrogen-bond acceptors (Lipinski definition) is 4. The summed E-state index contributed by atoms with van der Waals surface area (Å²) < 4.78 is 10.7. The maximum Gasteiger partial charge on any atom is 0.122 e. The Morgan fingerprint density at radius 1 is 1.09 bits per heavy atom. The molecule has 0 saturated heterocycles. The number of rotatable bonds is 5. The van der Waals surface area contributed by atoms with Gasteiger partial charge in [0.15, 0.2) is 0 Å². The van der Waals surface area contributed by atoms with Gasteiger partial charge in [0, 0.05) is 23.5 Å². The maximum absolute atomic E-state index is 5.33. The molecule has 0 spiro atoms. The van der Waals surface area contributed by atoms with Gasteiger partial charge in [0.2, 0.25) is 0 Å². The zero-order valence-electron chi connectivity index (χ0n) is 13.0. The lowest BCUT2D eigenvalue weighted by Gasteiger charge is -2.26. The van der Waals surface area contributed by atoms with E-state index >= 15 is 0 Å². The van der Waals surface area contributed by atoms with Crippen molar-refractivity contribution < 1.29 is 9.47 Å². The van der Waals surface area contributed by atoms with Gasteiger partial charge >= 0.3 is 0 Å². The number of fused-ring (bicyclic) bond motifs is 1. The van der Waals surface area contributed by atoms with E-state index in [1.54, 1.807) is 14.2 Å². The van der Waals surface area contributed by atoms with Gasteiger partial charge in [0.05, 0.1) is 14.2 Å². The lowest BCUT2D eigenvalue weighted by atomic mass is 10.0. The Kier molecular flexibility index (Phi) is 4.90.